The predicted molar refractivity (Wildman–Crippen MR) is 56.3 cm³/mol. The minimum atomic E-state index is 0.0766. The molecule has 2 fully saturated rings. The Kier molecular flexibility index (Phi) is 2.13. The van der Waals surface area contributed by atoms with Crippen molar-refractivity contribution in [3.05, 3.63) is 11.1 Å². The minimum Gasteiger partial charge on any atom is -0.211 e. The molecule has 0 spiro atoms. The largest absolute Gasteiger partial charge is 0.235 e. The van der Waals surface area contributed by atoms with E-state index in [0.29, 0.717) is 11.8 Å². The van der Waals surface area contributed by atoms with Crippen molar-refractivity contribution < 1.29 is 9.59 Å². The van der Waals surface area contributed by atoms with E-state index in [-0.39, 0.29) is 12.1 Å². The first-order chi connectivity index (χ1) is 7.83. The molecule has 16 heavy (non-hydrogen) atoms. The standard InChI is InChI=1S/C12H12N2O2/c15-5-13-8-3-9-7-1-11(10(9)4-8)12(2-7)14-6-16/h7-9,12H,1-4H2. The molecule has 3 aliphatic carbocycles. The molecule has 0 amide bonds. The average molecular weight is 216 g/mol. The molecule has 4 atom stereocenters. The number of rotatable bonds is 2. The minimum absolute atomic E-state index is 0.0766. The number of carbonyl (C=O) groups excluding carboxylic acids is 2. The van der Waals surface area contributed by atoms with Gasteiger partial charge >= 0.3 is 0 Å². The summed E-state index contributed by atoms with van der Waals surface area (Å²) in [6.45, 7) is 0. The molecule has 2 bridgehead atoms. The molecule has 4 heteroatoms. The third kappa shape index (κ3) is 1.24. The Bertz CT molecular complexity index is 456. The molecule has 3 aliphatic rings. The summed E-state index contributed by atoms with van der Waals surface area (Å²) < 4.78 is 0. The summed E-state index contributed by atoms with van der Waals surface area (Å²) >= 11 is 0. The van der Waals surface area contributed by atoms with Crippen molar-refractivity contribution in [2.24, 2.45) is 21.8 Å². The van der Waals surface area contributed by atoms with Crippen molar-refractivity contribution in [1.29, 1.82) is 0 Å². The fourth-order valence-electron chi connectivity index (χ4n) is 3.72. The van der Waals surface area contributed by atoms with E-state index in [9.17, 15) is 9.59 Å². The Morgan fingerprint density at radius 3 is 2.56 bits per heavy atom. The smallest absolute Gasteiger partial charge is 0.211 e. The zero-order chi connectivity index (χ0) is 11.1. The van der Waals surface area contributed by atoms with E-state index in [1.165, 1.54) is 11.1 Å². The van der Waals surface area contributed by atoms with Gasteiger partial charge in [0.05, 0.1) is 12.1 Å². The zero-order valence-corrected chi connectivity index (χ0v) is 8.85. The molecule has 0 saturated heterocycles. The van der Waals surface area contributed by atoms with Crippen molar-refractivity contribution in [3.8, 4) is 0 Å². The lowest BCUT2D eigenvalue weighted by Crippen LogP contribution is -2.15. The lowest BCUT2D eigenvalue weighted by molar-refractivity contribution is 0.391. The number of hydrogen-bond donors (Lipinski definition) is 0. The van der Waals surface area contributed by atoms with Gasteiger partial charge in [0.2, 0.25) is 12.2 Å². The second kappa shape index (κ2) is 3.51. The molecule has 0 radical (unpaired) electrons. The van der Waals surface area contributed by atoms with Gasteiger partial charge in [-0.15, -0.1) is 0 Å². The monoisotopic (exact) mass is 216 g/mol. The fraction of sp³-hybridized carbons (Fsp3) is 0.667. The molecule has 0 aromatic rings. The maximum Gasteiger partial charge on any atom is 0.235 e. The number of isocyanates is 2. The summed E-state index contributed by atoms with van der Waals surface area (Å²) in [6, 6.07) is 0.196. The zero-order valence-electron chi connectivity index (χ0n) is 8.85. The van der Waals surface area contributed by atoms with Crippen LogP contribution in [0.1, 0.15) is 25.7 Å². The van der Waals surface area contributed by atoms with Gasteiger partial charge in [-0.1, -0.05) is 5.57 Å². The molecule has 2 saturated carbocycles. The van der Waals surface area contributed by atoms with Crippen molar-refractivity contribution in [2.75, 3.05) is 0 Å². The van der Waals surface area contributed by atoms with Crippen LogP contribution in [-0.4, -0.2) is 24.2 Å². The van der Waals surface area contributed by atoms with Crippen LogP contribution < -0.4 is 0 Å². The topological polar surface area (TPSA) is 58.9 Å². The normalized spacial score (nSPS) is 39.2. The molecule has 0 aromatic carbocycles. The molecule has 0 aliphatic heterocycles. The second-order valence-electron chi connectivity index (χ2n) is 4.91. The molecular formula is C12H12N2O2. The van der Waals surface area contributed by atoms with Gasteiger partial charge in [-0.2, -0.15) is 4.99 Å². The number of nitrogens with zero attached hydrogens (tertiary/aromatic N) is 2. The molecule has 4 unspecified atom stereocenters. The highest BCUT2D eigenvalue weighted by atomic mass is 16.1. The molecule has 3 rings (SSSR count). The van der Waals surface area contributed by atoms with Crippen molar-refractivity contribution in [3.63, 3.8) is 0 Å². The van der Waals surface area contributed by atoms with E-state index < -0.39 is 0 Å². The van der Waals surface area contributed by atoms with Crippen LogP contribution in [0.5, 0.6) is 0 Å². The lowest BCUT2D eigenvalue weighted by Gasteiger charge is -2.20. The van der Waals surface area contributed by atoms with Gasteiger partial charge in [-0.25, -0.2) is 14.6 Å². The molecule has 82 valence electrons. The Hall–Kier alpha value is -1.50. The van der Waals surface area contributed by atoms with E-state index in [1.807, 2.05) is 0 Å². The number of hydrogen-bond acceptors (Lipinski definition) is 4. The molecule has 0 N–H and O–H groups in total. The van der Waals surface area contributed by atoms with Gasteiger partial charge in [-0.05, 0) is 43.1 Å². The summed E-state index contributed by atoms with van der Waals surface area (Å²) in [5.74, 6) is 1.22. The van der Waals surface area contributed by atoms with Crippen molar-refractivity contribution in [1.82, 2.24) is 0 Å². The van der Waals surface area contributed by atoms with E-state index in [0.717, 1.165) is 25.7 Å². The number of aliphatic imine (C=N–C) groups is 2. The summed E-state index contributed by atoms with van der Waals surface area (Å²) in [6.07, 6.45) is 7.24. The van der Waals surface area contributed by atoms with E-state index >= 15 is 0 Å². The van der Waals surface area contributed by atoms with Crippen LogP contribution in [-0.2, 0) is 9.59 Å². The Morgan fingerprint density at radius 1 is 1.00 bits per heavy atom. The summed E-state index contributed by atoms with van der Waals surface area (Å²) in [7, 11) is 0. The molecule has 0 aromatic heterocycles. The lowest BCUT2D eigenvalue weighted by atomic mass is 9.87. The maximum atomic E-state index is 10.3. The van der Waals surface area contributed by atoms with E-state index in [2.05, 4.69) is 9.98 Å². The SMILES string of the molecule is O=C=NC1CC2=C3CC(CC3N=C=O)C2C1. The highest BCUT2D eigenvalue weighted by Crippen LogP contribution is 2.56. The first-order valence-corrected chi connectivity index (χ1v) is 5.69. The predicted octanol–water partition coefficient (Wildman–Crippen LogP) is 1.53. The van der Waals surface area contributed by atoms with Crippen LogP contribution in [0.4, 0.5) is 0 Å². The summed E-state index contributed by atoms with van der Waals surface area (Å²) in [5.41, 5.74) is 2.76. The fourth-order valence-corrected chi connectivity index (χ4v) is 3.72. The van der Waals surface area contributed by atoms with Crippen molar-refractivity contribution in [2.45, 2.75) is 37.8 Å². The first-order valence-electron chi connectivity index (χ1n) is 5.69. The van der Waals surface area contributed by atoms with Gasteiger partial charge in [0.25, 0.3) is 0 Å². The van der Waals surface area contributed by atoms with E-state index in [4.69, 9.17) is 0 Å². The van der Waals surface area contributed by atoms with Crippen LogP contribution >= 0.6 is 0 Å². The van der Waals surface area contributed by atoms with Gasteiger partial charge in [0.1, 0.15) is 0 Å². The van der Waals surface area contributed by atoms with Gasteiger partial charge < -0.3 is 0 Å². The van der Waals surface area contributed by atoms with Crippen molar-refractivity contribution >= 4 is 12.2 Å². The maximum absolute atomic E-state index is 10.3. The average Bonchev–Trinajstić information content (AvgIpc) is 2.88. The third-order valence-electron chi connectivity index (χ3n) is 4.26. The highest BCUT2D eigenvalue weighted by Gasteiger charge is 2.48. The van der Waals surface area contributed by atoms with Crippen LogP contribution in [0.2, 0.25) is 0 Å². The van der Waals surface area contributed by atoms with E-state index in [1.54, 1.807) is 12.2 Å². The van der Waals surface area contributed by atoms with Crippen LogP contribution in [0.3, 0.4) is 0 Å². The first kappa shape index (κ1) is 9.71. The highest BCUT2D eigenvalue weighted by molar-refractivity contribution is 5.43. The Morgan fingerprint density at radius 2 is 1.81 bits per heavy atom. The van der Waals surface area contributed by atoms with Crippen LogP contribution in [0.15, 0.2) is 21.1 Å². The second-order valence-corrected chi connectivity index (χ2v) is 4.91. The molecular weight excluding hydrogens is 204 g/mol. The van der Waals surface area contributed by atoms with Gasteiger partial charge in [-0.3, -0.25) is 0 Å². The number of fused-ring (bicyclic) bond motifs is 4. The molecule has 4 nitrogen and oxygen atoms in total. The van der Waals surface area contributed by atoms with Gasteiger partial charge in [0, 0.05) is 0 Å². The van der Waals surface area contributed by atoms with Crippen LogP contribution in [0.25, 0.3) is 0 Å². The third-order valence-corrected chi connectivity index (χ3v) is 4.26. The summed E-state index contributed by atoms with van der Waals surface area (Å²) in [4.78, 5) is 28.3. The summed E-state index contributed by atoms with van der Waals surface area (Å²) in [5, 5.41) is 0. The quantitative estimate of drug-likeness (QED) is 0.399. The Balaban J connectivity index is 1.91. The Labute approximate surface area is 93.2 Å². The van der Waals surface area contributed by atoms with Gasteiger partial charge in [0.15, 0.2) is 0 Å². The molecule has 0 heterocycles. The van der Waals surface area contributed by atoms with Crippen LogP contribution in [0, 0.1) is 11.8 Å².